The number of likely N-dealkylation sites (tertiary alicyclic amines) is 2. The van der Waals surface area contributed by atoms with E-state index in [0.29, 0.717) is 0 Å². The van der Waals surface area contributed by atoms with Crippen molar-refractivity contribution in [3.05, 3.63) is 0 Å². The zero-order valence-corrected chi connectivity index (χ0v) is 12.5. The number of aliphatic hydroxyl groups is 1. The van der Waals surface area contributed by atoms with Crippen LogP contribution in [0.5, 0.6) is 0 Å². The highest BCUT2D eigenvalue weighted by Gasteiger charge is 2.42. The fourth-order valence-electron chi connectivity index (χ4n) is 3.05. The SMILES string of the molecule is CC(=O)CNC(=O)C1CC(O)CN1C(=O)C1CCCN1C. The quantitative estimate of drug-likeness (QED) is 0.676. The normalized spacial score (nSPS) is 29.7. The van der Waals surface area contributed by atoms with Crippen molar-refractivity contribution in [2.45, 2.75) is 44.4 Å². The third kappa shape index (κ3) is 3.59. The van der Waals surface area contributed by atoms with Crippen molar-refractivity contribution < 1.29 is 19.5 Å². The van der Waals surface area contributed by atoms with Crippen LogP contribution < -0.4 is 5.32 Å². The van der Waals surface area contributed by atoms with Crippen LogP contribution in [0.1, 0.15) is 26.2 Å². The predicted octanol–water partition coefficient (Wildman–Crippen LogP) is -1.25. The van der Waals surface area contributed by atoms with Gasteiger partial charge < -0.3 is 15.3 Å². The van der Waals surface area contributed by atoms with Crippen LogP contribution in [0.4, 0.5) is 0 Å². The highest BCUT2D eigenvalue weighted by atomic mass is 16.3. The van der Waals surface area contributed by atoms with Crippen LogP contribution in [0.2, 0.25) is 0 Å². The molecule has 2 saturated heterocycles. The van der Waals surface area contributed by atoms with Crippen LogP contribution in [0.15, 0.2) is 0 Å². The second-order valence-corrected chi connectivity index (χ2v) is 5.95. The monoisotopic (exact) mass is 297 g/mol. The number of hydrogen-bond acceptors (Lipinski definition) is 5. The first-order valence-corrected chi connectivity index (χ1v) is 7.36. The number of β-amino-alcohol motifs (C(OH)–C–C–N with tert-alkyl or cyclic N) is 1. The van der Waals surface area contributed by atoms with Gasteiger partial charge in [0.05, 0.1) is 18.7 Å². The lowest BCUT2D eigenvalue weighted by molar-refractivity contribution is -0.141. The Morgan fingerprint density at radius 3 is 2.57 bits per heavy atom. The minimum Gasteiger partial charge on any atom is -0.391 e. The van der Waals surface area contributed by atoms with Crippen LogP contribution >= 0.6 is 0 Å². The summed E-state index contributed by atoms with van der Waals surface area (Å²) in [4.78, 5) is 39.1. The second-order valence-electron chi connectivity index (χ2n) is 5.95. The zero-order chi connectivity index (χ0) is 15.6. The standard InChI is InChI=1S/C14H23N3O4/c1-9(18)7-15-13(20)12-6-10(19)8-17(12)14(21)11-4-3-5-16(11)2/h10-12,19H,3-8H2,1-2H3,(H,15,20). The molecule has 2 N–H and O–H groups in total. The van der Waals surface area contributed by atoms with Crippen LogP contribution in [0.25, 0.3) is 0 Å². The Morgan fingerprint density at radius 2 is 2.00 bits per heavy atom. The summed E-state index contributed by atoms with van der Waals surface area (Å²) in [5.74, 6) is -0.611. The van der Waals surface area contributed by atoms with Gasteiger partial charge in [-0.15, -0.1) is 0 Å². The number of aliphatic hydroxyl groups excluding tert-OH is 1. The van der Waals surface area contributed by atoms with Crippen LogP contribution in [-0.4, -0.2) is 77.4 Å². The van der Waals surface area contributed by atoms with Crippen molar-refractivity contribution in [2.24, 2.45) is 0 Å². The number of Topliss-reactive ketones (excluding diaryl/α,β-unsaturated/α-hetero) is 1. The molecule has 3 unspecified atom stereocenters. The number of ketones is 1. The largest absolute Gasteiger partial charge is 0.391 e. The first-order chi connectivity index (χ1) is 9.90. The molecule has 0 spiro atoms. The molecule has 21 heavy (non-hydrogen) atoms. The molecule has 118 valence electrons. The molecule has 3 atom stereocenters. The number of carbonyl (C=O) groups excluding carboxylic acids is 3. The van der Waals surface area contributed by atoms with Crippen LogP contribution in [0, 0.1) is 0 Å². The van der Waals surface area contributed by atoms with Gasteiger partial charge in [0.2, 0.25) is 11.8 Å². The molecule has 2 amide bonds. The summed E-state index contributed by atoms with van der Waals surface area (Å²) in [6.45, 7) is 2.40. The van der Waals surface area contributed by atoms with Crippen molar-refractivity contribution in [1.82, 2.24) is 15.1 Å². The Bertz CT molecular complexity index is 440. The number of rotatable bonds is 4. The van der Waals surface area contributed by atoms with Crippen molar-refractivity contribution in [3.8, 4) is 0 Å². The van der Waals surface area contributed by atoms with E-state index in [4.69, 9.17) is 0 Å². The van der Waals surface area contributed by atoms with E-state index in [1.807, 2.05) is 11.9 Å². The Morgan fingerprint density at radius 1 is 1.29 bits per heavy atom. The lowest BCUT2D eigenvalue weighted by Gasteiger charge is -2.29. The van der Waals surface area contributed by atoms with E-state index in [1.54, 1.807) is 0 Å². The molecule has 0 aliphatic carbocycles. The number of nitrogens with one attached hydrogen (secondary N) is 1. The lowest BCUT2D eigenvalue weighted by atomic mass is 10.1. The predicted molar refractivity (Wildman–Crippen MR) is 75.5 cm³/mol. The van der Waals surface area contributed by atoms with Crippen molar-refractivity contribution in [1.29, 1.82) is 0 Å². The van der Waals surface area contributed by atoms with E-state index < -0.39 is 12.1 Å². The van der Waals surface area contributed by atoms with Crippen LogP contribution in [0.3, 0.4) is 0 Å². The van der Waals surface area contributed by atoms with E-state index >= 15 is 0 Å². The number of likely N-dealkylation sites (N-methyl/N-ethyl adjacent to an activating group) is 1. The molecule has 7 nitrogen and oxygen atoms in total. The van der Waals surface area contributed by atoms with Crippen molar-refractivity contribution in [2.75, 3.05) is 26.7 Å². The van der Waals surface area contributed by atoms with Gasteiger partial charge in [0.1, 0.15) is 11.8 Å². The van der Waals surface area contributed by atoms with Gasteiger partial charge in [-0.3, -0.25) is 19.3 Å². The van der Waals surface area contributed by atoms with E-state index in [-0.39, 0.29) is 43.1 Å². The highest BCUT2D eigenvalue weighted by Crippen LogP contribution is 2.24. The summed E-state index contributed by atoms with van der Waals surface area (Å²) in [7, 11) is 1.90. The van der Waals surface area contributed by atoms with Gasteiger partial charge in [0.15, 0.2) is 0 Å². The topological polar surface area (TPSA) is 90.0 Å². The average molecular weight is 297 g/mol. The number of carbonyl (C=O) groups is 3. The van der Waals surface area contributed by atoms with Gasteiger partial charge >= 0.3 is 0 Å². The summed E-state index contributed by atoms with van der Waals surface area (Å²) in [6, 6.07) is -0.890. The molecule has 7 heteroatoms. The maximum atomic E-state index is 12.6. The van der Waals surface area contributed by atoms with Gasteiger partial charge in [-0.05, 0) is 33.4 Å². The first kappa shape index (κ1) is 15.9. The number of nitrogens with zero attached hydrogens (tertiary/aromatic N) is 2. The molecule has 0 saturated carbocycles. The third-order valence-electron chi connectivity index (χ3n) is 4.18. The third-order valence-corrected chi connectivity index (χ3v) is 4.18. The summed E-state index contributed by atoms with van der Waals surface area (Å²) < 4.78 is 0. The highest BCUT2D eigenvalue weighted by molar-refractivity contribution is 5.92. The fraction of sp³-hybridized carbons (Fsp3) is 0.786. The summed E-state index contributed by atoms with van der Waals surface area (Å²) in [5, 5.41) is 12.3. The Hall–Kier alpha value is -1.47. The molecule has 2 rings (SSSR count). The fourth-order valence-corrected chi connectivity index (χ4v) is 3.05. The van der Waals surface area contributed by atoms with E-state index in [2.05, 4.69) is 5.32 Å². The summed E-state index contributed by atoms with van der Waals surface area (Å²) in [6.07, 6.45) is 1.29. The Kier molecular flexibility index (Phi) is 4.95. The van der Waals surface area contributed by atoms with Crippen molar-refractivity contribution in [3.63, 3.8) is 0 Å². The minimum absolute atomic E-state index is 0.0449. The zero-order valence-electron chi connectivity index (χ0n) is 12.5. The van der Waals surface area contributed by atoms with Gasteiger partial charge in [0.25, 0.3) is 0 Å². The maximum Gasteiger partial charge on any atom is 0.243 e. The Labute approximate surface area is 124 Å². The van der Waals surface area contributed by atoms with Crippen molar-refractivity contribution >= 4 is 17.6 Å². The van der Waals surface area contributed by atoms with Gasteiger partial charge in [-0.1, -0.05) is 0 Å². The molecular formula is C14H23N3O4. The van der Waals surface area contributed by atoms with E-state index in [9.17, 15) is 19.5 Å². The number of amides is 2. The molecule has 2 fully saturated rings. The van der Waals surface area contributed by atoms with Gasteiger partial charge in [-0.2, -0.15) is 0 Å². The van der Waals surface area contributed by atoms with E-state index in [0.717, 1.165) is 19.4 Å². The van der Waals surface area contributed by atoms with Gasteiger partial charge in [-0.25, -0.2) is 0 Å². The summed E-state index contributed by atoms with van der Waals surface area (Å²) >= 11 is 0. The Balaban J connectivity index is 2.03. The second kappa shape index (κ2) is 6.53. The molecular weight excluding hydrogens is 274 g/mol. The molecule has 0 aromatic heterocycles. The first-order valence-electron chi connectivity index (χ1n) is 7.36. The lowest BCUT2D eigenvalue weighted by Crippen LogP contribution is -2.51. The van der Waals surface area contributed by atoms with Gasteiger partial charge in [0, 0.05) is 13.0 Å². The molecule has 2 aliphatic rings. The van der Waals surface area contributed by atoms with E-state index in [1.165, 1.54) is 11.8 Å². The minimum atomic E-state index is -0.686. The average Bonchev–Trinajstić information content (AvgIpc) is 3.01. The number of hydrogen-bond donors (Lipinski definition) is 2. The maximum absolute atomic E-state index is 12.6. The summed E-state index contributed by atoms with van der Waals surface area (Å²) in [5.41, 5.74) is 0. The molecule has 2 heterocycles. The molecule has 0 bridgehead atoms. The molecule has 0 aromatic rings. The molecule has 0 radical (unpaired) electrons. The smallest absolute Gasteiger partial charge is 0.243 e. The molecule has 2 aliphatic heterocycles. The van der Waals surface area contributed by atoms with Crippen LogP contribution in [-0.2, 0) is 14.4 Å². The molecule has 0 aromatic carbocycles.